The van der Waals surface area contributed by atoms with Crippen molar-refractivity contribution in [2.24, 2.45) is 5.41 Å². The van der Waals surface area contributed by atoms with Crippen LogP contribution in [0.2, 0.25) is 0 Å². The van der Waals surface area contributed by atoms with Crippen LogP contribution in [0.5, 0.6) is 0 Å². The lowest BCUT2D eigenvalue weighted by Crippen LogP contribution is -2.49. The average molecular weight is 378 g/mol. The molecule has 0 spiro atoms. The van der Waals surface area contributed by atoms with E-state index in [1.165, 1.54) is 38.5 Å². The van der Waals surface area contributed by atoms with Crippen molar-refractivity contribution in [1.82, 2.24) is 4.72 Å². The van der Waals surface area contributed by atoms with E-state index in [9.17, 15) is 8.42 Å². The smallest absolute Gasteiger partial charge is 0.211 e. The molecule has 0 saturated heterocycles. The largest absolute Gasteiger partial charge is 0.328 e. The number of nitrogens with one attached hydrogen (secondary N) is 1. The molecule has 152 valence electrons. The Labute approximate surface area is 158 Å². The van der Waals surface area contributed by atoms with E-state index < -0.39 is 10.0 Å². The minimum absolute atomic E-state index is 0.0366. The summed E-state index contributed by atoms with van der Waals surface area (Å²) < 4.78 is 28.1. The van der Waals surface area contributed by atoms with Crippen LogP contribution in [0.4, 0.5) is 0 Å². The molecule has 0 aliphatic rings. The Morgan fingerprint density at radius 2 is 1.32 bits per heavy atom. The molecule has 0 saturated carbocycles. The Bertz CT molecular complexity index is 431. The normalized spacial score (nSPS) is 13.4. The quantitative estimate of drug-likeness (QED) is 0.317. The van der Waals surface area contributed by atoms with Crippen molar-refractivity contribution in [1.29, 1.82) is 0 Å². The molecular formula is C20H45N2O2S+. The van der Waals surface area contributed by atoms with Gasteiger partial charge in [0, 0.05) is 12.0 Å². The summed E-state index contributed by atoms with van der Waals surface area (Å²) in [5.41, 5.74) is -0.0366. The SMILES string of the molecule is CCCCCCCCCCCS(=O)(=O)NCC(C)(C)C[N+](C)(C)CC. The van der Waals surface area contributed by atoms with Crippen LogP contribution in [0.3, 0.4) is 0 Å². The molecule has 0 radical (unpaired) electrons. The summed E-state index contributed by atoms with van der Waals surface area (Å²) in [4.78, 5) is 0. The predicted octanol–water partition coefficient (Wildman–Crippen LogP) is 4.56. The van der Waals surface area contributed by atoms with Crippen LogP contribution in [0.1, 0.15) is 85.5 Å². The molecule has 0 aliphatic heterocycles. The Morgan fingerprint density at radius 3 is 1.80 bits per heavy atom. The molecule has 5 heteroatoms. The molecule has 0 atom stereocenters. The molecule has 4 nitrogen and oxygen atoms in total. The lowest BCUT2D eigenvalue weighted by atomic mass is 9.92. The van der Waals surface area contributed by atoms with Gasteiger partial charge >= 0.3 is 0 Å². The third-order valence-corrected chi connectivity index (χ3v) is 6.41. The standard InChI is InChI=1S/C20H45N2O2S/c1-7-9-10-11-12-13-14-15-16-17-25(23,24)21-18-20(3,4)19-22(5,6)8-2/h21H,7-19H2,1-6H3/q+1. The summed E-state index contributed by atoms with van der Waals surface area (Å²) in [6, 6.07) is 0. The van der Waals surface area contributed by atoms with E-state index in [0.29, 0.717) is 6.54 Å². The third-order valence-electron chi connectivity index (χ3n) is 5.00. The number of nitrogens with zero attached hydrogens (tertiary/aromatic N) is 1. The highest BCUT2D eigenvalue weighted by atomic mass is 32.2. The van der Waals surface area contributed by atoms with Crippen molar-refractivity contribution >= 4 is 10.0 Å². The first-order valence-electron chi connectivity index (χ1n) is 10.3. The molecule has 0 bridgehead atoms. The van der Waals surface area contributed by atoms with Crippen molar-refractivity contribution in [3.8, 4) is 0 Å². The second-order valence-corrected chi connectivity index (χ2v) is 11.0. The van der Waals surface area contributed by atoms with Gasteiger partial charge < -0.3 is 4.48 Å². The topological polar surface area (TPSA) is 46.2 Å². The van der Waals surface area contributed by atoms with Gasteiger partial charge in [0.25, 0.3) is 0 Å². The first kappa shape index (κ1) is 24.9. The van der Waals surface area contributed by atoms with Gasteiger partial charge in [0.15, 0.2) is 0 Å². The highest BCUT2D eigenvalue weighted by molar-refractivity contribution is 7.89. The van der Waals surface area contributed by atoms with Crippen molar-refractivity contribution in [3.05, 3.63) is 0 Å². The first-order chi connectivity index (χ1) is 11.5. The average Bonchev–Trinajstić information content (AvgIpc) is 2.51. The summed E-state index contributed by atoms with van der Waals surface area (Å²) in [5.74, 6) is 0.269. The highest BCUT2D eigenvalue weighted by Gasteiger charge is 2.28. The van der Waals surface area contributed by atoms with Crippen molar-refractivity contribution in [2.45, 2.75) is 85.5 Å². The summed E-state index contributed by atoms with van der Waals surface area (Å²) in [6.45, 7) is 11.2. The molecule has 1 N–H and O–H groups in total. The minimum atomic E-state index is -3.14. The number of unbranched alkanes of at least 4 members (excludes halogenated alkanes) is 8. The number of hydrogen-bond acceptors (Lipinski definition) is 2. The van der Waals surface area contributed by atoms with Gasteiger partial charge in [-0.3, -0.25) is 0 Å². The maximum atomic E-state index is 12.2. The van der Waals surface area contributed by atoms with Gasteiger partial charge in [0.2, 0.25) is 10.0 Å². The molecule has 0 aromatic carbocycles. The molecule has 0 fully saturated rings. The Balaban J connectivity index is 3.91. The lowest BCUT2D eigenvalue weighted by Gasteiger charge is -2.36. The van der Waals surface area contributed by atoms with Gasteiger partial charge in [-0.15, -0.1) is 0 Å². The van der Waals surface area contributed by atoms with Crippen molar-refractivity contribution in [3.63, 3.8) is 0 Å². The Morgan fingerprint density at radius 1 is 0.840 bits per heavy atom. The molecular weight excluding hydrogens is 332 g/mol. The molecule has 25 heavy (non-hydrogen) atoms. The van der Waals surface area contributed by atoms with Crippen LogP contribution >= 0.6 is 0 Å². The van der Waals surface area contributed by atoms with Crippen LogP contribution in [0, 0.1) is 5.41 Å². The van der Waals surface area contributed by atoms with Gasteiger partial charge in [-0.2, -0.15) is 0 Å². The minimum Gasteiger partial charge on any atom is -0.328 e. The van der Waals surface area contributed by atoms with Gasteiger partial charge in [-0.05, 0) is 13.3 Å². The first-order valence-corrected chi connectivity index (χ1v) is 12.0. The van der Waals surface area contributed by atoms with Gasteiger partial charge in [0.05, 0.1) is 32.9 Å². The van der Waals surface area contributed by atoms with Crippen LogP contribution < -0.4 is 4.72 Å². The summed E-state index contributed by atoms with van der Waals surface area (Å²) in [6.07, 6.45) is 10.8. The molecule has 0 rings (SSSR count). The molecule has 0 aliphatic carbocycles. The highest BCUT2D eigenvalue weighted by Crippen LogP contribution is 2.19. The van der Waals surface area contributed by atoms with Crippen molar-refractivity contribution in [2.75, 3.05) is 39.5 Å². The van der Waals surface area contributed by atoms with Crippen LogP contribution in [-0.4, -0.2) is 52.4 Å². The van der Waals surface area contributed by atoms with E-state index >= 15 is 0 Å². The van der Waals surface area contributed by atoms with E-state index in [0.717, 1.165) is 36.8 Å². The number of quaternary nitrogens is 1. The van der Waals surface area contributed by atoms with Crippen LogP contribution in [0.15, 0.2) is 0 Å². The maximum absolute atomic E-state index is 12.2. The van der Waals surface area contributed by atoms with E-state index in [2.05, 4.69) is 46.5 Å². The fourth-order valence-electron chi connectivity index (χ4n) is 3.31. The Hall–Kier alpha value is -0.130. The number of rotatable bonds is 16. The second kappa shape index (κ2) is 12.3. The van der Waals surface area contributed by atoms with Crippen molar-refractivity contribution < 1.29 is 12.9 Å². The third kappa shape index (κ3) is 14.7. The van der Waals surface area contributed by atoms with E-state index in [4.69, 9.17) is 0 Å². The zero-order valence-corrected chi connectivity index (χ0v) is 18.7. The van der Waals surface area contributed by atoms with Crippen LogP contribution in [-0.2, 0) is 10.0 Å². The van der Waals surface area contributed by atoms with E-state index in [1.807, 2.05) is 0 Å². The zero-order valence-electron chi connectivity index (χ0n) is 17.9. The summed E-state index contributed by atoms with van der Waals surface area (Å²) in [7, 11) is 1.25. The molecule has 0 unspecified atom stereocenters. The fraction of sp³-hybridized carbons (Fsp3) is 1.00. The van der Waals surface area contributed by atoms with Gasteiger partial charge in [-0.25, -0.2) is 13.1 Å². The monoisotopic (exact) mass is 377 g/mol. The number of sulfonamides is 1. The molecule has 0 aromatic rings. The molecule has 0 heterocycles. The maximum Gasteiger partial charge on any atom is 0.211 e. The number of hydrogen-bond donors (Lipinski definition) is 1. The summed E-state index contributed by atoms with van der Waals surface area (Å²) >= 11 is 0. The summed E-state index contributed by atoms with van der Waals surface area (Å²) in [5, 5.41) is 0. The van der Waals surface area contributed by atoms with E-state index in [-0.39, 0.29) is 11.2 Å². The predicted molar refractivity (Wildman–Crippen MR) is 110 cm³/mol. The fourth-order valence-corrected chi connectivity index (χ4v) is 4.65. The second-order valence-electron chi connectivity index (χ2n) is 9.04. The van der Waals surface area contributed by atoms with Gasteiger partial charge in [0.1, 0.15) is 0 Å². The van der Waals surface area contributed by atoms with E-state index in [1.54, 1.807) is 0 Å². The molecule has 0 amide bonds. The zero-order chi connectivity index (χ0) is 19.4. The van der Waals surface area contributed by atoms with Crippen LogP contribution in [0.25, 0.3) is 0 Å². The lowest BCUT2D eigenvalue weighted by molar-refractivity contribution is -0.894. The molecule has 0 aromatic heterocycles. The van der Waals surface area contributed by atoms with Gasteiger partial charge in [-0.1, -0.05) is 72.1 Å². The Kier molecular flexibility index (Phi) is 12.2.